The Bertz CT molecular complexity index is 500. The van der Waals surface area contributed by atoms with Crippen LogP contribution in [0.1, 0.15) is 10.4 Å². The molecule has 22 heavy (non-hydrogen) atoms. The molecule has 2 aromatic carbocycles. The fourth-order valence-corrected chi connectivity index (χ4v) is 1.40. The van der Waals surface area contributed by atoms with Gasteiger partial charge in [-0.2, -0.15) is 0 Å². The largest absolute Gasteiger partial charge is 3.00 e. The van der Waals surface area contributed by atoms with E-state index in [1.807, 2.05) is 30.3 Å². The molecule has 0 aliphatic heterocycles. The van der Waals surface area contributed by atoms with E-state index >= 15 is 0 Å². The third-order valence-corrected chi connectivity index (χ3v) is 2.28. The van der Waals surface area contributed by atoms with E-state index in [1.54, 1.807) is 24.3 Å². The number of para-hydroxylation sites is 1. The predicted molar refractivity (Wildman–Crippen MR) is 68.9 cm³/mol. The van der Waals surface area contributed by atoms with Crippen molar-refractivity contribution in [3.05, 3.63) is 60.2 Å². The zero-order valence-corrected chi connectivity index (χ0v) is 16.4. The molecule has 0 atom stereocenters. The maximum absolute atomic E-state index is 10.8. The van der Waals surface area contributed by atoms with Crippen molar-refractivity contribution in [1.29, 1.82) is 0 Å². The summed E-state index contributed by atoms with van der Waals surface area (Å²) in [6, 6.07) is 16.1. The summed E-state index contributed by atoms with van der Waals surface area (Å²) in [5, 5.41) is -0.466. The Morgan fingerprint density at radius 1 is 0.773 bits per heavy atom. The molecule has 9 heteroatoms. The topological polar surface area (TPSA) is 26.3 Å². The Labute approximate surface area is 182 Å². The number of benzene rings is 2. The second kappa shape index (κ2) is 17.8. The molecule has 0 spiro atoms. The molecule has 0 unspecified atom stereocenters. The van der Waals surface area contributed by atoms with Gasteiger partial charge in [0, 0.05) is 5.56 Å². The minimum atomic E-state index is -0.466. The summed E-state index contributed by atoms with van der Waals surface area (Å²) in [5.74, 6) is 1.43. The van der Waals surface area contributed by atoms with Gasteiger partial charge in [-0.25, -0.2) is 0 Å². The maximum Gasteiger partial charge on any atom is 3.00 e. The van der Waals surface area contributed by atoms with Gasteiger partial charge in [0.15, 0.2) is 0 Å². The van der Waals surface area contributed by atoms with Crippen LogP contribution in [-0.2, 0) is 0 Å². The Morgan fingerprint density at radius 3 is 1.59 bits per heavy atom. The van der Waals surface area contributed by atoms with Crippen molar-refractivity contribution in [1.82, 2.24) is 0 Å². The van der Waals surface area contributed by atoms with Crippen LogP contribution >= 0.6 is 11.6 Å². The molecule has 0 amide bonds. The first-order chi connectivity index (χ1) is 7.75. The molecule has 0 aromatic heterocycles. The second-order valence-electron chi connectivity index (χ2n) is 3.21. The molecular formula is C13H9AlCl5LiO2. The second-order valence-corrected chi connectivity index (χ2v) is 3.56. The molecule has 2 nitrogen and oxygen atoms in total. The van der Waals surface area contributed by atoms with Gasteiger partial charge in [-0.15, -0.1) is 0 Å². The van der Waals surface area contributed by atoms with Gasteiger partial charge in [0.1, 0.15) is 11.5 Å². The van der Waals surface area contributed by atoms with Gasteiger partial charge in [-0.05, 0) is 48.0 Å². The molecule has 0 bridgehead atoms. The number of halogens is 5. The van der Waals surface area contributed by atoms with E-state index in [4.69, 9.17) is 16.3 Å². The zero-order valence-electron chi connectivity index (χ0n) is 11.5. The molecule has 0 radical (unpaired) electrons. The summed E-state index contributed by atoms with van der Waals surface area (Å²) >= 11 is 5.34. The van der Waals surface area contributed by atoms with Crippen molar-refractivity contribution >= 4 is 34.2 Å². The Hall–Kier alpha value is 0.490. The normalized spacial score (nSPS) is 7.14. The fraction of sp³-hybridized carbons (Fsp3) is 0. The van der Waals surface area contributed by atoms with Crippen LogP contribution in [0.15, 0.2) is 54.6 Å². The minimum absolute atomic E-state index is 0. The van der Waals surface area contributed by atoms with Crippen LogP contribution in [0.3, 0.4) is 0 Å². The standard InChI is InChI=1S/C13H9ClO2.Al.4ClH.Li/c14-13(15)10-6-8-12(9-7-10)16-11-4-2-1-3-5-11;;;;;;/h1-9H;;4*1H;/q;+3;;;;;+1/p-4. The molecule has 0 heterocycles. The summed E-state index contributed by atoms with van der Waals surface area (Å²) in [7, 11) is 0. The first-order valence-electron chi connectivity index (χ1n) is 4.78. The summed E-state index contributed by atoms with van der Waals surface area (Å²) < 4.78 is 5.56. The first-order valence-corrected chi connectivity index (χ1v) is 5.16. The van der Waals surface area contributed by atoms with Gasteiger partial charge in [0.25, 0.3) is 5.24 Å². The number of hydrogen-bond donors (Lipinski definition) is 0. The first kappa shape index (κ1) is 34.0. The quantitative estimate of drug-likeness (QED) is 0.373. The third kappa shape index (κ3) is 11.1. The zero-order chi connectivity index (χ0) is 11.4. The van der Waals surface area contributed by atoms with Crippen molar-refractivity contribution in [2.24, 2.45) is 0 Å². The van der Waals surface area contributed by atoms with Gasteiger partial charge in [-0.3, -0.25) is 4.79 Å². The molecule has 2 aromatic rings. The molecule has 112 valence electrons. The molecule has 0 fully saturated rings. The Balaban J connectivity index is -0.000000161. The minimum Gasteiger partial charge on any atom is -1.00 e. The fourth-order valence-electron chi connectivity index (χ4n) is 1.28. The van der Waals surface area contributed by atoms with Crippen molar-refractivity contribution < 1.29 is 78.0 Å². The van der Waals surface area contributed by atoms with Crippen LogP contribution in [0.5, 0.6) is 11.5 Å². The molecule has 0 saturated heterocycles. The van der Waals surface area contributed by atoms with E-state index < -0.39 is 5.24 Å². The van der Waals surface area contributed by atoms with E-state index in [9.17, 15) is 4.79 Å². The van der Waals surface area contributed by atoms with Gasteiger partial charge in [-0.1, -0.05) is 18.2 Å². The molecule has 2 rings (SSSR count). The molecule has 0 aliphatic rings. The third-order valence-electron chi connectivity index (χ3n) is 2.06. The Morgan fingerprint density at radius 2 is 1.18 bits per heavy atom. The predicted octanol–water partition coefficient (Wildman–Crippen LogP) is -11.5. The average Bonchev–Trinajstić information content (AvgIpc) is 2.31. The number of hydrogen-bond acceptors (Lipinski definition) is 2. The smallest absolute Gasteiger partial charge is 1.00 e. The molecule has 0 saturated carbocycles. The number of rotatable bonds is 3. The van der Waals surface area contributed by atoms with Crippen LogP contribution in [0, 0.1) is 0 Å². The summed E-state index contributed by atoms with van der Waals surface area (Å²) in [6.07, 6.45) is 0. The Kier molecular flexibility index (Phi) is 27.5. The van der Waals surface area contributed by atoms with E-state index in [0.29, 0.717) is 11.3 Å². The molecular weight excluding hydrogens is 399 g/mol. The van der Waals surface area contributed by atoms with Crippen molar-refractivity contribution in [3.63, 3.8) is 0 Å². The van der Waals surface area contributed by atoms with Crippen LogP contribution in [0.25, 0.3) is 0 Å². The summed E-state index contributed by atoms with van der Waals surface area (Å²) in [4.78, 5) is 10.8. The summed E-state index contributed by atoms with van der Waals surface area (Å²) in [6.45, 7) is 0. The van der Waals surface area contributed by atoms with Gasteiger partial charge in [0.05, 0.1) is 0 Å². The monoisotopic (exact) mass is 406 g/mol. The maximum atomic E-state index is 10.8. The van der Waals surface area contributed by atoms with Crippen LogP contribution in [0.4, 0.5) is 0 Å². The van der Waals surface area contributed by atoms with Crippen molar-refractivity contribution in [2.45, 2.75) is 0 Å². The summed E-state index contributed by atoms with van der Waals surface area (Å²) in [5.41, 5.74) is 0.460. The van der Waals surface area contributed by atoms with E-state index in [1.165, 1.54) is 0 Å². The average molecular weight is 408 g/mol. The number of carbonyl (C=O) groups excluding carboxylic acids is 1. The van der Waals surface area contributed by atoms with E-state index in [-0.39, 0.29) is 85.8 Å². The van der Waals surface area contributed by atoms with E-state index in [2.05, 4.69) is 0 Å². The van der Waals surface area contributed by atoms with Crippen molar-refractivity contribution in [3.8, 4) is 11.5 Å². The van der Waals surface area contributed by atoms with Gasteiger partial charge < -0.3 is 54.4 Å². The van der Waals surface area contributed by atoms with Crippen LogP contribution < -0.4 is 73.2 Å². The van der Waals surface area contributed by atoms with Gasteiger partial charge >= 0.3 is 36.2 Å². The van der Waals surface area contributed by atoms with Crippen LogP contribution in [0.2, 0.25) is 0 Å². The SMILES string of the molecule is O=C(Cl)c1ccc(Oc2ccccc2)cc1.[Al+3].[Cl-].[Cl-].[Cl-].[Cl-].[Li+]. The van der Waals surface area contributed by atoms with Crippen LogP contribution in [-0.4, -0.2) is 22.6 Å². The number of ether oxygens (including phenoxy) is 1. The molecule has 0 aliphatic carbocycles. The molecule has 0 N–H and O–H groups in total. The van der Waals surface area contributed by atoms with Crippen molar-refractivity contribution in [2.75, 3.05) is 0 Å². The number of carbonyl (C=O) groups is 1. The van der Waals surface area contributed by atoms with E-state index in [0.717, 1.165) is 5.75 Å². The van der Waals surface area contributed by atoms with Gasteiger partial charge in [0.2, 0.25) is 0 Å².